The predicted molar refractivity (Wildman–Crippen MR) is 85.7 cm³/mol. The van der Waals surface area contributed by atoms with Gasteiger partial charge in [-0.2, -0.15) is 0 Å². The molecule has 2 N–H and O–H groups in total. The highest BCUT2D eigenvalue weighted by Crippen LogP contribution is 2.10. The molecular weight excluding hydrogens is 292 g/mol. The highest BCUT2D eigenvalue weighted by atomic mass is 16.3. The molecule has 1 amide bonds. The van der Waals surface area contributed by atoms with Crippen molar-refractivity contribution in [2.24, 2.45) is 0 Å². The SMILES string of the molecule is O=C(NCc1ccco1)c1cncc(NCc2cccnc2)c1. The van der Waals surface area contributed by atoms with Crippen LogP contribution in [0, 0.1) is 0 Å². The van der Waals surface area contributed by atoms with Gasteiger partial charge in [0.15, 0.2) is 0 Å². The number of hydrogen-bond donors (Lipinski definition) is 2. The van der Waals surface area contributed by atoms with E-state index in [4.69, 9.17) is 4.42 Å². The molecule has 3 aromatic rings. The summed E-state index contributed by atoms with van der Waals surface area (Å²) in [6.07, 6.45) is 8.31. The van der Waals surface area contributed by atoms with E-state index in [1.165, 1.54) is 6.20 Å². The second-order valence-corrected chi connectivity index (χ2v) is 4.94. The van der Waals surface area contributed by atoms with E-state index >= 15 is 0 Å². The lowest BCUT2D eigenvalue weighted by atomic mass is 10.2. The molecule has 3 rings (SSSR count). The number of anilines is 1. The Kier molecular flexibility index (Phi) is 4.63. The zero-order valence-electron chi connectivity index (χ0n) is 12.4. The number of hydrogen-bond acceptors (Lipinski definition) is 5. The van der Waals surface area contributed by atoms with Crippen molar-refractivity contribution in [2.45, 2.75) is 13.1 Å². The molecule has 3 aromatic heterocycles. The fraction of sp³-hybridized carbons (Fsp3) is 0.118. The molecule has 0 fully saturated rings. The Balaban J connectivity index is 1.59. The molecule has 0 bridgehead atoms. The van der Waals surface area contributed by atoms with E-state index in [-0.39, 0.29) is 5.91 Å². The number of aromatic nitrogens is 2. The predicted octanol–water partition coefficient (Wildman–Crippen LogP) is 2.61. The van der Waals surface area contributed by atoms with Gasteiger partial charge in [-0.15, -0.1) is 0 Å². The summed E-state index contributed by atoms with van der Waals surface area (Å²) in [5.74, 6) is 0.510. The van der Waals surface area contributed by atoms with Crippen molar-refractivity contribution in [1.29, 1.82) is 0 Å². The van der Waals surface area contributed by atoms with Crippen LogP contribution in [-0.2, 0) is 13.1 Å². The van der Waals surface area contributed by atoms with Gasteiger partial charge in [-0.25, -0.2) is 0 Å². The molecule has 0 saturated carbocycles. The first-order valence-electron chi connectivity index (χ1n) is 7.20. The van der Waals surface area contributed by atoms with Gasteiger partial charge < -0.3 is 15.1 Å². The van der Waals surface area contributed by atoms with Crippen LogP contribution < -0.4 is 10.6 Å². The van der Waals surface area contributed by atoms with Gasteiger partial charge in [-0.1, -0.05) is 6.07 Å². The van der Waals surface area contributed by atoms with E-state index in [0.29, 0.717) is 24.4 Å². The first kappa shape index (κ1) is 14.8. The third-order valence-corrected chi connectivity index (χ3v) is 3.22. The number of nitrogens with one attached hydrogen (secondary N) is 2. The van der Waals surface area contributed by atoms with Crippen LogP contribution in [0.5, 0.6) is 0 Å². The van der Waals surface area contributed by atoms with Crippen molar-refractivity contribution < 1.29 is 9.21 Å². The Labute approximate surface area is 133 Å². The summed E-state index contributed by atoms with van der Waals surface area (Å²) in [6, 6.07) is 9.22. The Bertz CT molecular complexity index is 757. The summed E-state index contributed by atoms with van der Waals surface area (Å²) in [4.78, 5) is 20.3. The quantitative estimate of drug-likeness (QED) is 0.731. The third kappa shape index (κ3) is 4.16. The maximum absolute atomic E-state index is 12.1. The molecule has 23 heavy (non-hydrogen) atoms. The number of amides is 1. The van der Waals surface area contributed by atoms with Gasteiger partial charge >= 0.3 is 0 Å². The number of furan rings is 1. The summed E-state index contributed by atoms with van der Waals surface area (Å²) in [5, 5.41) is 6.02. The van der Waals surface area contributed by atoms with Crippen molar-refractivity contribution in [1.82, 2.24) is 15.3 Å². The maximum Gasteiger partial charge on any atom is 0.253 e. The second-order valence-electron chi connectivity index (χ2n) is 4.94. The van der Waals surface area contributed by atoms with E-state index < -0.39 is 0 Å². The monoisotopic (exact) mass is 308 g/mol. The van der Waals surface area contributed by atoms with E-state index in [1.807, 2.05) is 18.2 Å². The number of carbonyl (C=O) groups is 1. The van der Waals surface area contributed by atoms with Crippen LogP contribution in [0.25, 0.3) is 0 Å². The van der Waals surface area contributed by atoms with Crippen LogP contribution >= 0.6 is 0 Å². The van der Waals surface area contributed by atoms with Crippen LogP contribution in [0.2, 0.25) is 0 Å². The maximum atomic E-state index is 12.1. The number of rotatable bonds is 6. The molecular formula is C17H16N4O2. The van der Waals surface area contributed by atoms with Crippen LogP contribution in [0.3, 0.4) is 0 Å². The summed E-state index contributed by atoms with van der Waals surface area (Å²) in [5.41, 5.74) is 2.33. The van der Waals surface area contributed by atoms with Gasteiger partial charge in [-0.3, -0.25) is 14.8 Å². The van der Waals surface area contributed by atoms with Crippen molar-refractivity contribution in [3.63, 3.8) is 0 Å². The number of pyridine rings is 2. The van der Waals surface area contributed by atoms with E-state index in [1.54, 1.807) is 37.0 Å². The molecule has 0 saturated heterocycles. The van der Waals surface area contributed by atoms with Crippen LogP contribution in [0.15, 0.2) is 65.8 Å². The molecule has 0 aromatic carbocycles. The van der Waals surface area contributed by atoms with E-state index in [2.05, 4.69) is 20.6 Å². The van der Waals surface area contributed by atoms with Crippen molar-refractivity contribution in [2.75, 3.05) is 5.32 Å². The molecule has 0 spiro atoms. The molecule has 6 nitrogen and oxygen atoms in total. The van der Waals surface area contributed by atoms with Crippen LogP contribution in [0.1, 0.15) is 21.7 Å². The lowest BCUT2D eigenvalue weighted by molar-refractivity contribution is 0.0947. The highest BCUT2D eigenvalue weighted by molar-refractivity contribution is 5.94. The lowest BCUT2D eigenvalue weighted by Crippen LogP contribution is -2.22. The molecule has 0 aliphatic heterocycles. The van der Waals surface area contributed by atoms with Crippen molar-refractivity contribution >= 4 is 11.6 Å². The van der Waals surface area contributed by atoms with Gasteiger partial charge in [0.05, 0.1) is 24.1 Å². The van der Waals surface area contributed by atoms with Gasteiger partial charge in [-0.05, 0) is 29.8 Å². The summed E-state index contributed by atoms with van der Waals surface area (Å²) in [7, 11) is 0. The molecule has 0 aliphatic carbocycles. The Morgan fingerprint density at radius 3 is 2.83 bits per heavy atom. The smallest absolute Gasteiger partial charge is 0.253 e. The minimum absolute atomic E-state index is 0.195. The number of nitrogens with zero attached hydrogens (tertiary/aromatic N) is 2. The fourth-order valence-electron chi connectivity index (χ4n) is 2.05. The average Bonchev–Trinajstić information content (AvgIpc) is 3.12. The molecule has 0 atom stereocenters. The fourth-order valence-corrected chi connectivity index (χ4v) is 2.05. The molecule has 3 heterocycles. The van der Waals surface area contributed by atoms with Crippen LogP contribution in [-0.4, -0.2) is 15.9 Å². The topological polar surface area (TPSA) is 80.0 Å². The van der Waals surface area contributed by atoms with Crippen molar-refractivity contribution in [3.8, 4) is 0 Å². The largest absolute Gasteiger partial charge is 0.467 e. The summed E-state index contributed by atoms with van der Waals surface area (Å²) in [6.45, 7) is 0.964. The van der Waals surface area contributed by atoms with Gasteiger partial charge in [0.25, 0.3) is 5.91 Å². The molecule has 116 valence electrons. The standard InChI is InChI=1S/C17H16N4O2/c22-17(21-12-16-4-2-6-23-16)14-7-15(11-19-10-14)20-9-13-3-1-5-18-8-13/h1-8,10-11,20H,9,12H2,(H,21,22). The Morgan fingerprint density at radius 2 is 2.04 bits per heavy atom. The average molecular weight is 308 g/mol. The molecule has 0 unspecified atom stereocenters. The Hall–Kier alpha value is -3.15. The van der Waals surface area contributed by atoms with Crippen molar-refractivity contribution in [3.05, 3.63) is 78.3 Å². The van der Waals surface area contributed by atoms with Crippen LogP contribution in [0.4, 0.5) is 5.69 Å². The zero-order chi connectivity index (χ0) is 15.9. The first-order valence-corrected chi connectivity index (χ1v) is 7.20. The van der Waals surface area contributed by atoms with E-state index in [9.17, 15) is 4.79 Å². The lowest BCUT2D eigenvalue weighted by Gasteiger charge is -2.08. The summed E-state index contributed by atoms with van der Waals surface area (Å²) >= 11 is 0. The second kappa shape index (κ2) is 7.22. The minimum atomic E-state index is -0.195. The number of carbonyl (C=O) groups excluding carboxylic acids is 1. The Morgan fingerprint density at radius 1 is 1.09 bits per heavy atom. The third-order valence-electron chi connectivity index (χ3n) is 3.22. The van der Waals surface area contributed by atoms with E-state index in [0.717, 1.165) is 11.3 Å². The highest BCUT2D eigenvalue weighted by Gasteiger charge is 2.07. The normalized spacial score (nSPS) is 10.3. The first-order chi connectivity index (χ1) is 11.3. The molecule has 0 radical (unpaired) electrons. The molecule has 6 heteroatoms. The zero-order valence-corrected chi connectivity index (χ0v) is 12.4. The van der Waals surface area contributed by atoms with Gasteiger partial charge in [0.2, 0.25) is 0 Å². The van der Waals surface area contributed by atoms with Gasteiger partial charge in [0.1, 0.15) is 5.76 Å². The van der Waals surface area contributed by atoms with Gasteiger partial charge in [0, 0.05) is 31.3 Å². The minimum Gasteiger partial charge on any atom is -0.467 e. The molecule has 0 aliphatic rings. The summed E-state index contributed by atoms with van der Waals surface area (Å²) < 4.78 is 5.18.